The predicted molar refractivity (Wildman–Crippen MR) is 67.1 cm³/mol. The fraction of sp³-hybridized carbons (Fsp3) is 0.364. The molecule has 1 rings (SSSR count). The number of pyridine rings is 1. The van der Waals surface area contributed by atoms with Gasteiger partial charge in [-0.05, 0) is 19.1 Å². The summed E-state index contributed by atoms with van der Waals surface area (Å²) in [5.41, 5.74) is -0.154. The molecule has 0 radical (unpaired) electrons. The second kappa shape index (κ2) is 6.25. The average molecular weight is 270 g/mol. The lowest BCUT2D eigenvalue weighted by Gasteiger charge is -2.09. The summed E-state index contributed by atoms with van der Waals surface area (Å²) in [5.74, 6) is -1.66. The first kappa shape index (κ1) is 14.3. The van der Waals surface area contributed by atoms with E-state index in [1.54, 1.807) is 13.2 Å². The maximum absolute atomic E-state index is 11.7. The Morgan fingerprint density at radius 2 is 2.06 bits per heavy atom. The fourth-order valence-corrected chi connectivity index (χ4v) is 1.44. The maximum atomic E-state index is 11.7. The summed E-state index contributed by atoms with van der Waals surface area (Å²) < 4.78 is 11.1. The van der Waals surface area contributed by atoms with E-state index in [1.165, 1.54) is 18.2 Å². The smallest absolute Gasteiger partial charge is 0.354 e. The first-order valence-electron chi connectivity index (χ1n) is 5.22. The minimum Gasteiger partial charge on any atom is -0.477 e. The highest BCUT2D eigenvalue weighted by atomic mass is 32.2. The number of rotatable bonds is 5. The molecule has 0 saturated heterocycles. The van der Waals surface area contributed by atoms with E-state index in [9.17, 15) is 13.8 Å². The molecule has 1 heterocycles. The lowest BCUT2D eigenvalue weighted by atomic mass is 10.3. The Hall–Kier alpha value is -1.76. The van der Waals surface area contributed by atoms with Gasteiger partial charge in [0.25, 0.3) is 5.91 Å². The van der Waals surface area contributed by atoms with E-state index in [1.807, 2.05) is 0 Å². The van der Waals surface area contributed by atoms with Crippen molar-refractivity contribution >= 4 is 22.7 Å². The molecule has 1 amide bonds. The Morgan fingerprint density at radius 3 is 2.61 bits per heavy atom. The van der Waals surface area contributed by atoms with Gasteiger partial charge in [0.2, 0.25) is 0 Å². The van der Waals surface area contributed by atoms with Crippen molar-refractivity contribution in [3.05, 3.63) is 29.6 Å². The van der Waals surface area contributed by atoms with Crippen LogP contribution in [-0.2, 0) is 10.8 Å². The second-order valence-corrected chi connectivity index (χ2v) is 5.53. The number of aromatic nitrogens is 1. The fourth-order valence-electron chi connectivity index (χ4n) is 1.12. The van der Waals surface area contributed by atoms with E-state index in [4.69, 9.17) is 5.11 Å². The van der Waals surface area contributed by atoms with Crippen LogP contribution >= 0.6 is 0 Å². The predicted octanol–water partition coefficient (Wildman–Crippen LogP) is 0.277. The molecule has 0 aliphatic heterocycles. The van der Waals surface area contributed by atoms with Crippen molar-refractivity contribution in [3.8, 4) is 0 Å². The van der Waals surface area contributed by atoms with Gasteiger partial charge in [0.1, 0.15) is 11.4 Å². The largest absolute Gasteiger partial charge is 0.477 e. The molecule has 0 saturated carbocycles. The van der Waals surface area contributed by atoms with Gasteiger partial charge in [-0.1, -0.05) is 6.07 Å². The van der Waals surface area contributed by atoms with Crippen LogP contribution in [0.3, 0.4) is 0 Å². The number of nitrogens with zero attached hydrogens (tertiary/aromatic N) is 1. The lowest BCUT2D eigenvalue weighted by molar-refractivity contribution is 0.0690. The zero-order valence-corrected chi connectivity index (χ0v) is 10.9. The SMILES string of the molecule is CC(CNC(=O)c1cccc(C(=O)O)n1)S(C)=O. The molecular weight excluding hydrogens is 256 g/mol. The van der Waals surface area contributed by atoms with E-state index in [-0.39, 0.29) is 23.2 Å². The molecule has 18 heavy (non-hydrogen) atoms. The average Bonchev–Trinajstić information content (AvgIpc) is 2.35. The topological polar surface area (TPSA) is 96.4 Å². The Bertz CT molecular complexity index is 490. The number of amides is 1. The summed E-state index contributed by atoms with van der Waals surface area (Å²) in [4.78, 5) is 26.1. The van der Waals surface area contributed by atoms with Crippen LogP contribution in [0, 0.1) is 0 Å². The molecule has 0 aromatic carbocycles. The zero-order valence-electron chi connectivity index (χ0n) is 10.0. The van der Waals surface area contributed by atoms with Gasteiger partial charge in [0, 0.05) is 28.9 Å². The minimum absolute atomic E-state index is 0.0315. The highest BCUT2D eigenvalue weighted by Gasteiger charge is 2.13. The molecule has 7 heteroatoms. The molecule has 2 N–H and O–H groups in total. The Morgan fingerprint density at radius 1 is 1.44 bits per heavy atom. The second-order valence-electron chi connectivity index (χ2n) is 3.73. The van der Waals surface area contributed by atoms with Crippen molar-refractivity contribution in [2.75, 3.05) is 12.8 Å². The Kier molecular flexibility index (Phi) is 4.96. The van der Waals surface area contributed by atoms with Crippen molar-refractivity contribution in [1.82, 2.24) is 10.3 Å². The van der Waals surface area contributed by atoms with E-state index in [0.717, 1.165) is 0 Å². The molecule has 2 unspecified atom stereocenters. The van der Waals surface area contributed by atoms with Crippen LogP contribution in [0.15, 0.2) is 18.2 Å². The molecule has 0 aliphatic carbocycles. The molecule has 6 nitrogen and oxygen atoms in total. The Balaban J connectivity index is 2.70. The number of carbonyl (C=O) groups is 2. The number of hydrogen-bond acceptors (Lipinski definition) is 4. The van der Waals surface area contributed by atoms with Crippen molar-refractivity contribution in [2.24, 2.45) is 0 Å². The third kappa shape index (κ3) is 3.92. The van der Waals surface area contributed by atoms with E-state index >= 15 is 0 Å². The highest BCUT2D eigenvalue weighted by Crippen LogP contribution is 2.00. The van der Waals surface area contributed by atoms with Gasteiger partial charge in [-0.25, -0.2) is 9.78 Å². The summed E-state index contributed by atoms with van der Waals surface area (Å²) in [6.45, 7) is 2.00. The van der Waals surface area contributed by atoms with Gasteiger partial charge in [0.05, 0.1) is 0 Å². The number of aromatic carboxylic acids is 1. The number of carbonyl (C=O) groups excluding carboxylic acids is 1. The quantitative estimate of drug-likeness (QED) is 0.801. The van der Waals surface area contributed by atoms with Gasteiger partial charge in [-0.15, -0.1) is 0 Å². The molecule has 0 aliphatic rings. The van der Waals surface area contributed by atoms with Gasteiger partial charge in [-0.2, -0.15) is 0 Å². The molecule has 0 bridgehead atoms. The zero-order chi connectivity index (χ0) is 13.7. The van der Waals surface area contributed by atoms with Crippen LogP contribution < -0.4 is 5.32 Å². The maximum Gasteiger partial charge on any atom is 0.354 e. The van der Waals surface area contributed by atoms with Gasteiger partial charge in [0.15, 0.2) is 0 Å². The first-order valence-corrected chi connectivity index (χ1v) is 6.84. The van der Waals surface area contributed by atoms with Crippen molar-refractivity contribution in [1.29, 1.82) is 0 Å². The molecule has 1 aromatic heterocycles. The van der Waals surface area contributed by atoms with Gasteiger partial charge < -0.3 is 10.4 Å². The minimum atomic E-state index is -1.19. The third-order valence-electron chi connectivity index (χ3n) is 2.32. The van der Waals surface area contributed by atoms with Crippen LogP contribution in [0.4, 0.5) is 0 Å². The van der Waals surface area contributed by atoms with Crippen LogP contribution in [0.5, 0.6) is 0 Å². The molecule has 0 spiro atoms. The standard InChI is InChI=1S/C11H14N2O4S/c1-7(18(2)17)6-12-10(14)8-4-3-5-9(13-8)11(15)16/h3-5,7H,6H2,1-2H3,(H,12,14)(H,15,16). The number of nitrogens with one attached hydrogen (secondary N) is 1. The summed E-state index contributed by atoms with van der Waals surface area (Å²) in [6.07, 6.45) is 1.56. The molecular formula is C11H14N2O4S. The summed E-state index contributed by atoms with van der Waals surface area (Å²) in [6, 6.07) is 4.19. The molecule has 98 valence electrons. The van der Waals surface area contributed by atoms with E-state index in [2.05, 4.69) is 10.3 Å². The summed E-state index contributed by atoms with van der Waals surface area (Å²) >= 11 is 0. The third-order valence-corrected chi connectivity index (χ3v) is 3.62. The molecule has 0 fully saturated rings. The monoisotopic (exact) mass is 270 g/mol. The van der Waals surface area contributed by atoms with Crippen LogP contribution in [0.25, 0.3) is 0 Å². The normalized spacial score (nSPS) is 13.7. The molecule has 2 atom stereocenters. The van der Waals surface area contributed by atoms with Gasteiger partial charge >= 0.3 is 5.97 Å². The molecule has 1 aromatic rings. The van der Waals surface area contributed by atoms with Crippen LogP contribution in [0.2, 0.25) is 0 Å². The summed E-state index contributed by atoms with van der Waals surface area (Å²) in [5, 5.41) is 11.1. The number of hydrogen-bond donors (Lipinski definition) is 2. The Labute approximate surface area is 107 Å². The van der Waals surface area contributed by atoms with Crippen LogP contribution in [0.1, 0.15) is 27.9 Å². The first-order chi connectivity index (χ1) is 8.41. The van der Waals surface area contributed by atoms with E-state index in [0.29, 0.717) is 0 Å². The van der Waals surface area contributed by atoms with Crippen molar-refractivity contribution in [3.63, 3.8) is 0 Å². The highest BCUT2D eigenvalue weighted by molar-refractivity contribution is 7.84. The van der Waals surface area contributed by atoms with Crippen molar-refractivity contribution in [2.45, 2.75) is 12.2 Å². The van der Waals surface area contributed by atoms with E-state index < -0.39 is 22.7 Å². The lowest BCUT2D eigenvalue weighted by Crippen LogP contribution is -2.33. The number of carboxylic acids is 1. The van der Waals surface area contributed by atoms with Crippen molar-refractivity contribution < 1.29 is 18.9 Å². The summed E-state index contributed by atoms with van der Waals surface area (Å²) in [7, 11) is -1.02. The van der Waals surface area contributed by atoms with Gasteiger partial charge in [-0.3, -0.25) is 9.00 Å². The van der Waals surface area contributed by atoms with Crippen LogP contribution in [-0.4, -0.2) is 44.2 Å². The number of carboxylic acid groups (broad SMARTS) is 1.